The van der Waals surface area contributed by atoms with Gasteiger partial charge < -0.3 is 18.9 Å². The van der Waals surface area contributed by atoms with Gasteiger partial charge in [-0.25, -0.2) is 0 Å². The molecule has 0 amide bonds. The van der Waals surface area contributed by atoms with E-state index in [-0.39, 0.29) is 0 Å². The quantitative estimate of drug-likeness (QED) is 0.226. The maximum Gasteiger partial charge on any atom is 0.308 e. The molecule has 0 aliphatic rings. The largest absolute Gasteiger partial charge is 0.493 e. The summed E-state index contributed by atoms with van der Waals surface area (Å²) in [6.07, 6.45) is 7.45. The van der Waals surface area contributed by atoms with E-state index < -0.39 is 5.97 Å². The molecular formula is C19H24O5. The van der Waals surface area contributed by atoms with Crippen molar-refractivity contribution in [2.24, 2.45) is 0 Å². The van der Waals surface area contributed by atoms with Crippen molar-refractivity contribution in [1.82, 2.24) is 0 Å². The number of rotatable bonds is 9. The minimum absolute atomic E-state index is 0.401. The van der Waals surface area contributed by atoms with Gasteiger partial charge in [0.15, 0.2) is 11.5 Å². The third kappa shape index (κ3) is 5.21. The zero-order valence-corrected chi connectivity index (χ0v) is 14.7. The van der Waals surface area contributed by atoms with Crippen LogP contribution in [0.15, 0.2) is 30.7 Å². The van der Waals surface area contributed by atoms with Crippen LogP contribution in [0.1, 0.15) is 30.9 Å². The number of hydrogen-bond donors (Lipinski definition) is 0. The molecule has 1 rings (SSSR count). The lowest BCUT2D eigenvalue weighted by molar-refractivity contribution is -0.135. The summed E-state index contributed by atoms with van der Waals surface area (Å²) in [4.78, 5) is 10.8. The van der Waals surface area contributed by atoms with Crippen LogP contribution in [0.4, 0.5) is 0 Å². The Morgan fingerprint density at radius 1 is 1.21 bits per heavy atom. The molecule has 0 aliphatic heterocycles. The molecule has 0 aliphatic carbocycles. The van der Waals surface area contributed by atoms with Crippen molar-refractivity contribution in [1.29, 1.82) is 0 Å². The molecule has 130 valence electrons. The summed E-state index contributed by atoms with van der Waals surface area (Å²) in [5.41, 5.74) is 4.67. The van der Waals surface area contributed by atoms with E-state index >= 15 is 0 Å². The third-order valence-corrected chi connectivity index (χ3v) is 3.33. The summed E-state index contributed by atoms with van der Waals surface area (Å²) >= 11 is 0. The van der Waals surface area contributed by atoms with Crippen LogP contribution in [-0.2, 0) is 16.0 Å². The Bertz CT molecular complexity index is 640. The van der Waals surface area contributed by atoms with Crippen molar-refractivity contribution in [3.05, 3.63) is 41.8 Å². The van der Waals surface area contributed by atoms with E-state index in [1.165, 1.54) is 13.2 Å². The number of esters is 1. The van der Waals surface area contributed by atoms with Crippen LogP contribution in [0.3, 0.4) is 0 Å². The molecule has 5 heteroatoms. The molecule has 0 bridgehead atoms. The van der Waals surface area contributed by atoms with Gasteiger partial charge in [0.1, 0.15) is 6.26 Å². The molecule has 0 N–H and O–H groups in total. The molecule has 0 saturated carbocycles. The van der Waals surface area contributed by atoms with Gasteiger partial charge in [-0.3, -0.25) is 4.79 Å². The van der Waals surface area contributed by atoms with Gasteiger partial charge in [-0.2, -0.15) is 0 Å². The number of allylic oxidation sites excluding steroid dienone is 1. The van der Waals surface area contributed by atoms with Gasteiger partial charge in [0, 0.05) is 12.5 Å². The highest BCUT2D eigenvalue weighted by Crippen LogP contribution is 2.42. The summed E-state index contributed by atoms with van der Waals surface area (Å²) in [5, 5.41) is 0. The fourth-order valence-corrected chi connectivity index (χ4v) is 2.27. The Morgan fingerprint density at radius 2 is 1.92 bits per heavy atom. The first kappa shape index (κ1) is 19.4. The number of unbranched alkanes of at least 4 members (excludes halogenated alkanes) is 1. The monoisotopic (exact) mass is 332 g/mol. The number of ether oxygens (including phenoxy) is 4. The SMILES string of the molecule is C=CCCCc1cc(OC)c(OC)c(OC)c1C=C=COC(C)=O. The number of benzene rings is 1. The van der Waals surface area contributed by atoms with Crippen molar-refractivity contribution >= 4 is 12.0 Å². The molecule has 0 heterocycles. The van der Waals surface area contributed by atoms with Gasteiger partial charge in [0.2, 0.25) is 5.75 Å². The van der Waals surface area contributed by atoms with Crippen LogP contribution in [-0.4, -0.2) is 27.3 Å². The molecular weight excluding hydrogens is 308 g/mol. The first-order valence-electron chi connectivity index (χ1n) is 7.59. The predicted octanol–water partition coefficient (Wildman–Crippen LogP) is 3.91. The number of aryl methyl sites for hydroxylation is 1. The molecule has 0 unspecified atom stereocenters. The molecule has 1 aromatic rings. The number of methoxy groups -OCH3 is 3. The van der Waals surface area contributed by atoms with E-state index in [4.69, 9.17) is 18.9 Å². The van der Waals surface area contributed by atoms with Gasteiger partial charge >= 0.3 is 5.97 Å². The minimum Gasteiger partial charge on any atom is -0.493 e. The maximum atomic E-state index is 10.8. The van der Waals surface area contributed by atoms with Gasteiger partial charge in [-0.15, -0.1) is 6.58 Å². The van der Waals surface area contributed by atoms with Crippen molar-refractivity contribution < 1.29 is 23.7 Å². The van der Waals surface area contributed by atoms with Crippen LogP contribution in [0.25, 0.3) is 6.08 Å². The molecule has 0 saturated heterocycles. The summed E-state index contributed by atoms with van der Waals surface area (Å²) in [6, 6.07) is 1.92. The number of carbonyl (C=O) groups is 1. The van der Waals surface area contributed by atoms with E-state index in [0.717, 1.165) is 30.4 Å². The van der Waals surface area contributed by atoms with Crippen LogP contribution in [0.5, 0.6) is 17.2 Å². The molecule has 0 aromatic heterocycles. The number of hydrogen-bond acceptors (Lipinski definition) is 5. The summed E-state index contributed by atoms with van der Waals surface area (Å²) < 4.78 is 21.1. The second kappa shape index (κ2) is 10.2. The zero-order chi connectivity index (χ0) is 17.9. The van der Waals surface area contributed by atoms with Crippen molar-refractivity contribution in [3.63, 3.8) is 0 Å². The lowest BCUT2D eigenvalue weighted by Crippen LogP contribution is -2.01. The molecule has 24 heavy (non-hydrogen) atoms. The summed E-state index contributed by atoms with van der Waals surface area (Å²) in [6.45, 7) is 5.07. The van der Waals surface area contributed by atoms with E-state index in [2.05, 4.69) is 12.3 Å². The Hall–Kier alpha value is -2.65. The third-order valence-electron chi connectivity index (χ3n) is 3.33. The first-order valence-corrected chi connectivity index (χ1v) is 7.59. The van der Waals surface area contributed by atoms with Gasteiger partial charge in [0.25, 0.3) is 0 Å². The van der Waals surface area contributed by atoms with E-state index in [9.17, 15) is 4.79 Å². The topological polar surface area (TPSA) is 54.0 Å². The Labute approximate surface area is 143 Å². The highest BCUT2D eigenvalue weighted by Gasteiger charge is 2.18. The Balaban J connectivity index is 3.39. The molecule has 0 atom stereocenters. The fraction of sp³-hybridized carbons (Fsp3) is 0.368. The minimum atomic E-state index is -0.401. The van der Waals surface area contributed by atoms with Gasteiger partial charge in [0.05, 0.1) is 21.3 Å². The first-order chi connectivity index (χ1) is 11.6. The predicted molar refractivity (Wildman–Crippen MR) is 93.5 cm³/mol. The summed E-state index contributed by atoms with van der Waals surface area (Å²) in [5.74, 6) is 1.26. The van der Waals surface area contributed by atoms with E-state index in [1.807, 2.05) is 12.1 Å². The normalized spacial score (nSPS) is 9.50. The second-order valence-corrected chi connectivity index (χ2v) is 4.94. The second-order valence-electron chi connectivity index (χ2n) is 4.94. The average Bonchev–Trinajstić information content (AvgIpc) is 2.58. The Kier molecular flexibility index (Phi) is 8.23. The average molecular weight is 332 g/mol. The highest BCUT2D eigenvalue weighted by molar-refractivity contribution is 5.70. The Morgan fingerprint density at radius 3 is 2.46 bits per heavy atom. The molecule has 0 radical (unpaired) electrons. The van der Waals surface area contributed by atoms with Crippen LogP contribution in [0.2, 0.25) is 0 Å². The van der Waals surface area contributed by atoms with Crippen molar-refractivity contribution in [2.45, 2.75) is 26.2 Å². The van der Waals surface area contributed by atoms with Crippen LogP contribution >= 0.6 is 0 Å². The lowest BCUT2D eigenvalue weighted by Gasteiger charge is -2.17. The summed E-state index contributed by atoms with van der Waals surface area (Å²) in [7, 11) is 4.71. The maximum absolute atomic E-state index is 10.8. The standard InChI is InChI=1S/C19H24O5/c1-6-7-8-10-15-13-17(21-3)19(23-5)18(22-4)16(15)11-9-12-24-14(2)20/h6,11-13H,1,7-8,10H2,2-5H3. The van der Waals surface area contributed by atoms with E-state index in [1.54, 1.807) is 27.4 Å². The zero-order valence-electron chi connectivity index (χ0n) is 14.7. The molecule has 1 aromatic carbocycles. The fourth-order valence-electron chi connectivity index (χ4n) is 2.27. The molecule has 0 fully saturated rings. The van der Waals surface area contributed by atoms with Crippen molar-refractivity contribution in [3.8, 4) is 17.2 Å². The smallest absolute Gasteiger partial charge is 0.308 e. The van der Waals surface area contributed by atoms with Gasteiger partial charge in [-0.05, 0) is 37.0 Å². The highest BCUT2D eigenvalue weighted by atomic mass is 16.5. The van der Waals surface area contributed by atoms with Gasteiger partial charge in [-0.1, -0.05) is 11.8 Å². The number of carbonyl (C=O) groups excluding carboxylic acids is 1. The van der Waals surface area contributed by atoms with E-state index in [0.29, 0.717) is 17.2 Å². The van der Waals surface area contributed by atoms with Crippen LogP contribution in [0, 0.1) is 0 Å². The van der Waals surface area contributed by atoms with Crippen molar-refractivity contribution in [2.75, 3.05) is 21.3 Å². The lowest BCUT2D eigenvalue weighted by atomic mass is 9.99. The van der Waals surface area contributed by atoms with Crippen LogP contribution < -0.4 is 14.2 Å². The molecule has 0 spiro atoms. The molecule has 5 nitrogen and oxygen atoms in total.